The van der Waals surface area contributed by atoms with Crippen molar-refractivity contribution >= 4 is 23.4 Å². The molecule has 0 aliphatic heterocycles. The van der Waals surface area contributed by atoms with Gasteiger partial charge < -0.3 is 10.0 Å². The Kier molecular flexibility index (Phi) is 4.72. The number of carbonyl (C=O) groups is 1. The molecule has 0 aromatic heterocycles. The van der Waals surface area contributed by atoms with Crippen LogP contribution in [0.3, 0.4) is 0 Å². The van der Waals surface area contributed by atoms with E-state index in [0.717, 1.165) is 17.3 Å². The van der Waals surface area contributed by atoms with E-state index in [1.165, 1.54) is 12.1 Å². The maximum atomic E-state index is 14.0. The van der Waals surface area contributed by atoms with Crippen molar-refractivity contribution in [2.75, 3.05) is 11.4 Å². The van der Waals surface area contributed by atoms with Crippen LogP contribution in [0.1, 0.15) is 12.5 Å². The number of rotatable bonds is 5. The topological polar surface area (TPSA) is 40.5 Å². The van der Waals surface area contributed by atoms with Gasteiger partial charge >= 0.3 is 5.97 Å². The Balaban J connectivity index is 2.48. The second kappa shape index (κ2) is 6.70. The van der Waals surface area contributed by atoms with Crippen LogP contribution in [0.4, 0.5) is 15.8 Å². The lowest BCUT2D eigenvalue weighted by Gasteiger charge is -2.25. The van der Waals surface area contributed by atoms with E-state index in [1.807, 2.05) is 30.0 Å². The van der Waals surface area contributed by atoms with Crippen molar-refractivity contribution in [3.05, 3.63) is 66.0 Å². The molecule has 0 spiro atoms. The molecule has 2 rings (SSSR count). The minimum Gasteiger partial charge on any atom is -0.478 e. The normalized spacial score (nSPS) is 10.8. The number of carboxylic acids is 1. The monoisotopic (exact) mass is 285 g/mol. The van der Waals surface area contributed by atoms with Crippen molar-refractivity contribution in [3.63, 3.8) is 0 Å². The van der Waals surface area contributed by atoms with Gasteiger partial charge in [-0.1, -0.05) is 30.3 Å². The van der Waals surface area contributed by atoms with Crippen LogP contribution in [0, 0.1) is 5.82 Å². The number of anilines is 2. The van der Waals surface area contributed by atoms with Gasteiger partial charge in [0.15, 0.2) is 0 Å². The van der Waals surface area contributed by atoms with Crippen molar-refractivity contribution in [2.24, 2.45) is 0 Å². The second-order valence-corrected chi connectivity index (χ2v) is 4.43. The van der Waals surface area contributed by atoms with E-state index in [2.05, 4.69) is 0 Å². The van der Waals surface area contributed by atoms with Gasteiger partial charge in [-0.2, -0.15) is 0 Å². The zero-order valence-electron chi connectivity index (χ0n) is 11.7. The summed E-state index contributed by atoms with van der Waals surface area (Å²) in [6, 6.07) is 13.8. The Bertz CT molecular complexity index is 667. The van der Waals surface area contributed by atoms with Crippen LogP contribution in [-0.2, 0) is 4.79 Å². The number of halogens is 1. The van der Waals surface area contributed by atoms with E-state index in [-0.39, 0.29) is 5.82 Å². The van der Waals surface area contributed by atoms with Crippen LogP contribution in [0.2, 0.25) is 0 Å². The van der Waals surface area contributed by atoms with E-state index in [0.29, 0.717) is 12.2 Å². The van der Waals surface area contributed by atoms with Gasteiger partial charge in [0, 0.05) is 18.3 Å². The van der Waals surface area contributed by atoms with Crippen LogP contribution >= 0.6 is 0 Å². The summed E-state index contributed by atoms with van der Waals surface area (Å²) in [5.41, 5.74) is 1.96. The zero-order valence-corrected chi connectivity index (χ0v) is 11.7. The number of hydrogen-bond acceptors (Lipinski definition) is 2. The van der Waals surface area contributed by atoms with Crippen molar-refractivity contribution in [3.8, 4) is 0 Å². The van der Waals surface area contributed by atoms with E-state index in [1.54, 1.807) is 24.3 Å². The smallest absolute Gasteiger partial charge is 0.328 e. The fourth-order valence-corrected chi connectivity index (χ4v) is 2.18. The highest BCUT2D eigenvalue weighted by atomic mass is 19.1. The minimum absolute atomic E-state index is 0.309. The third kappa shape index (κ3) is 3.48. The quantitative estimate of drug-likeness (QED) is 0.841. The SMILES string of the molecule is CCN(c1ccccc1F)c1ccccc1C=CC(=O)O. The fraction of sp³-hybridized carbons (Fsp3) is 0.118. The average molecular weight is 285 g/mol. The summed E-state index contributed by atoms with van der Waals surface area (Å²) in [4.78, 5) is 12.5. The molecule has 21 heavy (non-hydrogen) atoms. The van der Waals surface area contributed by atoms with E-state index >= 15 is 0 Å². The summed E-state index contributed by atoms with van der Waals surface area (Å²) in [6.07, 6.45) is 2.59. The number of aliphatic carboxylic acids is 1. The average Bonchev–Trinajstić information content (AvgIpc) is 2.49. The summed E-state index contributed by atoms with van der Waals surface area (Å²) >= 11 is 0. The first kappa shape index (κ1) is 14.8. The van der Waals surface area contributed by atoms with Crippen LogP contribution in [-0.4, -0.2) is 17.6 Å². The first-order valence-corrected chi connectivity index (χ1v) is 6.65. The molecule has 3 nitrogen and oxygen atoms in total. The Morgan fingerprint density at radius 1 is 1.14 bits per heavy atom. The molecule has 4 heteroatoms. The Labute approximate surface area is 123 Å². The highest BCUT2D eigenvalue weighted by molar-refractivity contribution is 5.87. The summed E-state index contributed by atoms with van der Waals surface area (Å²) < 4.78 is 14.0. The molecule has 0 aliphatic carbocycles. The molecular weight excluding hydrogens is 269 g/mol. The zero-order chi connectivity index (χ0) is 15.2. The molecule has 0 amide bonds. The van der Waals surface area contributed by atoms with Crippen LogP contribution < -0.4 is 4.90 Å². The van der Waals surface area contributed by atoms with Gasteiger partial charge in [0.2, 0.25) is 0 Å². The molecule has 0 aliphatic rings. The molecular formula is C17H16FNO2. The van der Waals surface area contributed by atoms with Gasteiger partial charge in [0.05, 0.1) is 5.69 Å². The lowest BCUT2D eigenvalue weighted by Crippen LogP contribution is -2.18. The lowest BCUT2D eigenvalue weighted by molar-refractivity contribution is -0.131. The summed E-state index contributed by atoms with van der Waals surface area (Å²) in [6.45, 7) is 2.49. The molecule has 0 saturated carbocycles. The number of carboxylic acid groups (broad SMARTS) is 1. The molecule has 0 bridgehead atoms. The predicted octanol–water partition coefficient (Wildman–Crippen LogP) is 4.08. The minimum atomic E-state index is -1.02. The van der Waals surface area contributed by atoms with E-state index in [4.69, 9.17) is 5.11 Å². The van der Waals surface area contributed by atoms with Crippen molar-refractivity contribution in [1.82, 2.24) is 0 Å². The van der Waals surface area contributed by atoms with Crippen molar-refractivity contribution in [2.45, 2.75) is 6.92 Å². The van der Waals surface area contributed by atoms with Gasteiger partial charge in [-0.3, -0.25) is 0 Å². The summed E-state index contributed by atoms with van der Waals surface area (Å²) in [5, 5.41) is 8.76. The summed E-state index contributed by atoms with van der Waals surface area (Å²) in [7, 11) is 0. The molecule has 2 aromatic rings. The van der Waals surface area contributed by atoms with Crippen LogP contribution in [0.5, 0.6) is 0 Å². The first-order valence-electron chi connectivity index (χ1n) is 6.65. The van der Waals surface area contributed by atoms with Gasteiger partial charge in [-0.05, 0) is 36.8 Å². The maximum absolute atomic E-state index is 14.0. The number of para-hydroxylation sites is 2. The molecule has 0 fully saturated rings. The Hall–Kier alpha value is -2.62. The van der Waals surface area contributed by atoms with Crippen molar-refractivity contribution < 1.29 is 14.3 Å². The summed E-state index contributed by atoms with van der Waals surface area (Å²) in [5.74, 6) is -1.32. The van der Waals surface area contributed by atoms with E-state index < -0.39 is 5.97 Å². The van der Waals surface area contributed by atoms with Crippen LogP contribution in [0.25, 0.3) is 6.08 Å². The molecule has 1 N–H and O–H groups in total. The fourth-order valence-electron chi connectivity index (χ4n) is 2.18. The van der Waals surface area contributed by atoms with Gasteiger partial charge in [0.1, 0.15) is 5.82 Å². The first-order chi connectivity index (χ1) is 10.1. The molecule has 0 atom stereocenters. The van der Waals surface area contributed by atoms with Gasteiger partial charge in [-0.25, -0.2) is 9.18 Å². The van der Waals surface area contributed by atoms with Gasteiger partial charge in [0.25, 0.3) is 0 Å². The third-order valence-corrected chi connectivity index (χ3v) is 3.09. The number of nitrogens with zero attached hydrogens (tertiary/aromatic N) is 1. The number of benzene rings is 2. The molecule has 0 radical (unpaired) electrons. The highest BCUT2D eigenvalue weighted by Gasteiger charge is 2.13. The Morgan fingerprint density at radius 3 is 2.38 bits per heavy atom. The number of hydrogen-bond donors (Lipinski definition) is 1. The van der Waals surface area contributed by atoms with Gasteiger partial charge in [-0.15, -0.1) is 0 Å². The molecule has 0 heterocycles. The standard InChI is InChI=1S/C17H16FNO2/c1-2-19(16-10-6-4-8-14(16)18)15-9-5-3-7-13(15)11-12-17(20)21/h3-12H,2H2,1H3,(H,20,21). The maximum Gasteiger partial charge on any atom is 0.328 e. The highest BCUT2D eigenvalue weighted by Crippen LogP contribution is 2.30. The van der Waals surface area contributed by atoms with E-state index in [9.17, 15) is 9.18 Å². The lowest BCUT2D eigenvalue weighted by atomic mass is 10.1. The molecule has 0 saturated heterocycles. The molecule has 108 valence electrons. The third-order valence-electron chi connectivity index (χ3n) is 3.09. The molecule has 2 aromatic carbocycles. The van der Waals surface area contributed by atoms with Crippen molar-refractivity contribution in [1.29, 1.82) is 0 Å². The Morgan fingerprint density at radius 2 is 1.76 bits per heavy atom. The predicted molar refractivity (Wildman–Crippen MR) is 82.2 cm³/mol. The van der Waals surface area contributed by atoms with Crippen LogP contribution in [0.15, 0.2) is 54.6 Å². The second-order valence-electron chi connectivity index (χ2n) is 4.43. The molecule has 0 unspecified atom stereocenters. The largest absolute Gasteiger partial charge is 0.478 e.